The van der Waals surface area contributed by atoms with Crippen molar-refractivity contribution in [3.63, 3.8) is 0 Å². The van der Waals surface area contributed by atoms with Crippen molar-refractivity contribution in [1.82, 2.24) is 0 Å². The van der Waals surface area contributed by atoms with Crippen LogP contribution < -0.4 is 0 Å². The highest BCUT2D eigenvalue weighted by molar-refractivity contribution is 5.86. The van der Waals surface area contributed by atoms with Gasteiger partial charge in [0.1, 0.15) is 0 Å². The van der Waals surface area contributed by atoms with Gasteiger partial charge in [0.15, 0.2) is 18.5 Å². The van der Waals surface area contributed by atoms with Crippen LogP contribution in [0.1, 0.15) is 40.5 Å². The van der Waals surface area contributed by atoms with Crippen LogP contribution in [0.4, 0.5) is 0 Å². The molecule has 2 aliphatic rings. The largest absolute Gasteiger partial charge is 0.464 e. The smallest absolute Gasteiger partial charge is 0.338 e. The molecule has 0 aromatic carbocycles. The maximum absolute atomic E-state index is 12.1. The number of allylic oxidation sites excluding steroid dienone is 2. The van der Waals surface area contributed by atoms with Crippen LogP contribution in [0.25, 0.3) is 0 Å². The summed E-state index contributed by atoms with van der Waals surface area (Å²) in [6, 6.07) is 0. The topological polar surface area (TPSA) is 71.1 Å². The number of rotatable bonds is 5. The summed E-state index contributed by atoms with van der Waals surface area (Å²) < 4.78 is 21.5. The molecule has 23 heavy (non-hydrogen) atoms. The van der Waals surface area contributed by atoms with Gasteiger partial charge < -0.3 is 18.9 Å². The van der Waals surface area contributed by atoms with Gasteiger partial charge in [-0.2, -0.15) is 0 Å². The molecule has 1 saturated heterocycles. The molecule has 1 fully saturated rings. The Hall–Kier alpha value is -1.40. The van der Waals surface area contributed by atoms with E-state index in [0.29, 0.717) is 5.92 Å². The van der Waals surface area contributed by atoms with E-state index in [-0.39, 0.29) is 19.1 Å². The molecule has 0 spiro atoms. The average Bonchev–Trinajstić information content (AvgIpc) is 2.93. The molecular formula is C17H26O6. The van der Waals surface area contributed by atoms with Crippen LogP contribution in [0.5, 0.6) is 0 Å². The molecule has 4 atom stereocenters. The number of hydrogen-bond acceptors (Lipinski definition) is 6. The predicted molar refractivity (Wildman–Crippen MR) is 82.4 cm³/mol. The van der Waals surface area contributed by atoms with Crippen molar-refractivity contribution in [2.24, 2.45) is 11.8 Å². The van der Waals surface area contributed by atoms with Crippen molar-refractivity contribution in [3.05, 3.63) is 11.6 Å². The Kier molecular flexibility index (Phi) is 6.18. The molecule has 0 saturated carbocycles. The lowest BCUT2D eigenvalue weighted by Gasteiger charge is -2.31. The highest BCUT2D eigenvalue weighted by Crippen LogP contribution is 2.37. The number of carbonyl (C=O) groups is 2. The fraction of sp³-hybridized carbons (Fsp3) is 0.765. The minimum atomic E-state index is -1.06. The summed E-state index contributed by atoms with van der Waals surface area (Å²) in [5.41, 5.74) is 1.34. The Bertz CT molecular complexity index is 446. The van der Waals surface area contributed by atoms with E-state index in [2.05, 4.69) is 19.9 Å². The Morgan fingerprint density at radius 3 is 2.09 bits per heavy atom. The third kappa shape index (κ3) is 4.12. The summed E-state index contributed by atoms with van der Waals surface area (Å²) in [7, 11) is 0. The zero-order valence-corrected chi connectivity index (χ0v) is 14.2. The molecule has 0 bridgehead atoms. The summed E-state index contributed by atoms with van der Waals surface area (Å²) >= 11 is 0. The van der Waals surface area contributed by atoms with Crippen LogP contribution in [0.2, 0.25) is 0 Å². The van der Waals surface area contributed by atoms with Crippen LogP contribution in [0, 0.1) is 11.8 Å². The van der Waals surface area contributed by atoms with Crippen molar-refractivity contribution in [3.8, 4) is 0 Å². The second kappa shape index (κ2) is 7.93. The van der Waals surface area contributed by atoms with Crippen LogP contribution in [0.15, 0.2) is 11.6 Å². The number of carbonyl (C=O) groups excluding carboxylic acids is 2. The van der Waals surface area contributed by atoms with Crippen molar-refractivity contribution in [2.75, 3.05) is 13.2 Å². The van der Waals surface area contributed by atoms with Crippen LogP contribution >= 0.6 is 0 Å². The molecule has 0 radical (unpaired) electrons. The minimum Gasteiger partial charge on any atom is -0.464 e. The third-order valence-corrected chi connectivity index (χ3v) is 4.34. The molecule has 130 valence electrons. The summed E-state index contributed by atoms with van der Waals surface area (Å²) in [6.07, 6.45) is 1.22. The van der Waals surface area contributed by atoms with E-state index < -0.39 is 30.4 Å². The predicted octanol–water partition coefficient (Wildman–Crippen LogP) is 2.22. The van der Waals surface area contributed by atoms with Crippen molar-refractivity contribution < 1.29 is 28.5 Å². The zero-order valence-electron chi connectivity index (χ0n) is 14.2. The molecule has 6 nitrogen and oxygen atoms in total. The second-order valence-electron chi connectivity index (χ2n) is 6.12. The maximum Gasteiger partial charge on any atom is 0.338 e. The molecule has 0 amide bonds. The van der Waals surface area contributed by atoms with Gasteiger partial charge in [-0.25, -0.2) is 9.59 Å². The third-order valence-electron chi connectivity index (χ3n) is 4.34. The Morgan fingerprint density at radius 2 is 1.65 bits per heavy atom. The van der Waals surface area contributed by atoms with Crippen molar-refractivity contribution in [2.45, 2.75) is 59.0 Å². The van der Waals surface area contributed by atoms with E-state index in [0.717, 1.165) is 12.8 Å². The van der Waals surface area contributed by atoms with Crippen molar-refractivity contribution in [1.29, 1.82) is 0 Å². The zero-order chi connectivity index (χ0) is 17.0. The number of ether oxygens (including phenoxy) is 4. The first-order chi connectivity index (χ1) is 11.0. The van der Waals surface area contributed by atoms with Gasteiger partial charge in [0.25, 0.3) is 0 Å². The Morgan fingerprint density at radius 1 is 1.13 bits per heavy atom. The average molecular weight is 326 g/mol. The van der Waals surface area contributed by atoms with Gasteiger partial charge in [0, 0.05) is 5.92 Å². The first-order valence-electron chi connectivity index (χ1n) is 8.27. The Labute approximate surface area is 137 Å². The maximum atomic E-state index is 12.1. The van der Waals surface area contributed by atoms with Crippen LogP contribution in [-0.2, 0) is 28.5 Å². The standard InChI is InChI=1S/C17H26O6/c1-5-20-15(18)13-14(16(19)21-6-2)23-17(22-13)12-8-7-10(3)9-11(12)4/h7,11-14,17H,5-6,8-9H2,1-4H3/t11?,12?,13-,14-/m0/s1. The monoisotopic (exact) mass is 326 g/mol. The van der Waals surface area contributed by atoms with Gasteiger partial charge in [-0.15, -0.1) is 0 Å². The van der Waals surface area contributed by atoms with Crippen molar-refractivity contribution >= 4 is 11.9 Å². The van der Waals surface area contributed by atoms with Gasteiger partial charge in [-0.05, 0) is 39.5 Å². The first-order valence-corrected chi connectivity index (χ1v) is 8.27. The molecule has 1 aliphatic carbocycles. The van der Waals surface area contributed by atoms with Crippen LogP contribution in [-0.4, -0.2) is 43.7 Å². The number of hydrogen-bond donors (Lipinski definition) is 0. The lowest BCUT2D eigenvalue weighted by atomic mass is 9.81. The highest BCUT2D eigenvalue weighted by atomic mass is 16.8. The highest BCUT2D eigenvalue weighted by Gasteiger charge is 2.50. The lowest BCUT2D eigenvalue weighted by molar-refractivity contribution is -0.163. The normalized spacial score (nSPS) is 31.6. The van der Waals surface area contributed by atoms with E-state index in [1.165, 1.54) is 5.57 Å². The fourth-order valence-corrected chi connectivity index (χ4v) is 3.16. The van der Waals surface area contributed by atoms with E-state index in [4.69, 9.17) is 18.9 Å². The second-order valence-corrected chi connectivity index (χ2v) is 6.12. The Balaban J connectivity index is 2.12. The van der Waals surface area contributed by atoms with Gasteiger partial charge in [0.05, 0.1) is 13.2 Å². The van der Waals surface area contributed by atoms with Gasteiger partial charge >= 0.3 is 11.9 Å². The number of esters is 2. The summed E-state index contributed by atoms with van der Waals surface area (Å²) in [6.45, 7) is 8.10. The summed E-state index contributed by atoms with van der Waals surface area (Å²) in [4.78, 5) is 24.2. The van der Waals surface area contributed by atoms with Crippen LogP contribution in [0.3, 0.4) is 0 Å². The van der Waals surface area contributed by atoms with E-state index in [1.807, 2.05) is 0 Å². The molecule has 0 aromatic heterocycles. The first kappa shape index (κ1) is 17.9. The minimum absolute atomic E-state index is 0.107. The molecule has 6 heteroatoms. The molecule has 2 rings (SSSR count). The summed E-state index contributed by atoms with van der Waals surface area (Å²) in [5, 5.41) is 0. The molecule has 0 aromatic rings. The van der Waals surface area contributed by atoms with Gasteiger partial charge in [-0.1, -0.05) is 18.6 Å². The van der Waals surface area contributed by atoms with Gasteiger partial charge in [0.2, 0.25) is 0 Å². The molecule has 0 N–H and O–H groups in total. The molecule has 1 heterocycles. The molecule has 1 aliphatic heterocycles. The van der Waals surface area contributed by atoms with E-state index in [1.54, 1.807) is 13.8 Å². The lowest BCUT2D eigenvalue weighted by Crippen LogP contribution is -2.39. The molecular weight excluding hydrogens is 300 g/mol. The quantitative estimate of drug-likeness (QED) is 0.570. The van der Waals surface area contributed by atoms with E-state index in [9.17, 15) is 9.59 Å². The molecule has 2 unspecified atom stereocenters. The van der Waals surface area contributed by atoms with E-state index >= 15 is 0 Å². The SMILES string of the molecule is CCOC(=O)[C@H]1OC(C2CC=C(C)CC2C)O[C@@H]1C(=O)OCC. The summed E-state index contributed by atoms with van der Waals surface area (Å²) in [5.74, 6) is -0.699. The van der Waals surface area contributed by atoms with Gasteiger partial charge in [-0.3, -0.25) is 0 Å². The fourth-order valence-electron chi connectivity index (χ4n) is 3.16.